The zero-order valence-corrected chi connectivity index (χ0v) is 18.0. The van der Waals surface area contributed by atoms with E-state index in [-0.39, 0.29) is 0 Å². The average molecular weight is 424 g/mol. The van der Waals surface area contributed by atoms with Gasteiger partial charge in [-0.3, -0.25) is 4.90 Å². The van der Waals surface area contributed by atoms with Crippen LogP contribution in [0, 0.1) is 0 Å². The maximum atomic E-state index is 9.10. The van der Waals surface area contributed by atoms with Crippen LogP contribution in [-0.4, -0.2) is 40.7 Å². The van der Waals surface area contributed by atoms with Crippen LogP contribution < -0.4 is 4.74 Å². The number of rotatable bonds is 8. The monoisotopic (exact) mass is 423 g/mol. The molecule has 31 heavy (non-hydrogen) atoms. The maximum Gasteiger partial charge on any atom is 0.414 e. The molecule has 0 radical (unpaired) electrons. The molecule has 0 fully saturated rings. The molecule has 6 nitrogen and oxygen atoms in total. The number of carboxylic acids is 2. The van der Waals surface area contributed by atoms with Crippen LogP contribution in [0.3, 0.4) is 0 Å². The molecule has 0 saturated heterocycles. The summed E-state index contributed by atoms with van der Waals surface area (Å²) in [6.07, 6.45) is 2.41. The smallest absolute Gasteiger partial charge is 0.414 e. The van der Waals surface area contributed by atoms with E-state index in [4.69, 9.17) is 24.5 Å². The highest BCUT2D eigenvalue weighted by Gasteiger charge is 2.13. The number of fused-ring (bicyclic) bond motifs is 1. The van der Waals surface area contributed by atoms with Crippen LogP contribution in [0.25, 0.3) is 10.8 Å². The Kier molecular flexibility index (Phi) is 9.52. The predicted octanol–water partition coefficient (Wildman–Crippen LogP) is 4.81. The molecular weight excluding hydrogens is 394 g/mol. The van der Waals surface area contributed by atoms with Gasteiger partial charge in [-0.2, -0.15) is 0 Å². The van der Waals surface area contributed by atoms with E-state index in [0.29, 0.717) is 0 Å². The molecule has 0 amide bonds. The van der Waals surface area contributed by atoms with E-state index in [1.165, 1.54) is 34.7 Å². The summed E-state index contributed by atoms with van der Waals surface area (Å²) in [5.74, 6) is -2.67. The van der Waals surface area contributed by atoms with Crippen molar-refractivity contribution in [3.63, 3.8) is 0 Å². The fourth-order valence-corrected chi connectivity index (χ4v) is 3.33. The second kappa shape index (κ2) is 12.3. The van der Waals surface area contributed by atoms with E-state index in [1.807, 2.05) is 0 Å². The summed E-state index contributed by atoms with van der Waals surface area (Å²) in [6, 6.07) is 23.5. The summed E-state index contributed by atoms with van der Waals surface area (Å²) in [5.41, 5.74) is 2.64. The van der Waals surface area contributed by atoms with Gasteiger partial charge in [-0.05, 0) is 35.4 Å². The molecule has 0 aromatic heterocycles. The molecule has 6 heteroatoms. The fraction of sp³-hybridized carbons (Fsp3) is 0.280. The standard InChI is InChI=1S/C23H27NO.C2H2O4/c1-3-4-16-24(17-19-10-6-5-7-11-19)18-22-21-13-9-8-12-20(21)14-15-23(22)25-2;3-1(4)2(5)6/h5-15H,3-4,16-18H2,1-2H3;(H,3,4)(H,5,6). The SMILES string of the molecule is CCCCN(Cc1ccccc1)Cc1c(OC)ccc2ccccc12.O=C(O)C(=O)O. The van der Waals surface area contributed by atoms with Crippen LogP contribution in [0.5, 0.6) is 5.75 Å². The number of hydrogen-bond acceptors (Lipinski definition) is 4. The van der Waals surface area contributed by atoms with Crippen molar-refractivity contribution in [1.29, 1.82) is 0 Å². The van der Waals surface area contributed by atoms with Gasteiger partial charge in [0.1, 0.15) is 5.75 Å². The number of aliphatic carboxylic acids is 2. The minimum atomic E-state index is -1.82. The number of benzene rings is 3. The first kappa shape index (κ1) is 23.9. The van der Waals surface area contributed by atoms with E-state index >= 15 is 0 Å². The van der Waals surface area contributed by atoms with Gasteiger partial charge >= 0.3 is 11.9 Å². The number of carbonyl (C=O) groups is 2. The maximum absolute atomic E-state index is 9.10. The third-order valence-electron chi connectivity index (χ3n) is 4.86. The fourth-order valence-electron chi connectivity index (χ4n) is 3.33. The van der Waals surface area contributed by atoms with Crippen LogP contribution >= 0.6 is 0 Å². The number of nitrogens with zero attached hydrogens (tertiary/aromatic N) is 1. The van der Waals surface area contributed by atoms with Crippen LogP contribution in [0.4, 0.5) is 0 Å². The molecule has 0 spiro atoms. The van der Waals surface area contributed by atoms with E-state index in [1.54, 1.807) is 7.11 Å². The molecule has 0 atom stereocenters. The molecule has 3 aromatic carbocycles. The quantitative estimate of drug-likeness (QED) is 0.506. The van der Waals surface area contributed by atoms with Gasteiger partial charge in [0.05, 0.1) is 7.11 Å². The van der Waals surface area contributed by atoms with Gasteiger partial charge in [0.25, 0.3) is 0 Å². The summed E-state index contributed by atoms with van der Waals surface area (Å²) in [7, 11) is 1.77. The Morgan fingerprint density at radius 1 is 0.871 bits per heavy atom. The molecule has 0 heterocycles. The van der Waals surface area contributed by atoms with Crippen LogP contribution in [0.2, 0.25) is 0 Å². The van der Waals surface area contributed by atoms with Crippen molar-refractivity contribution < 1.29 is 24.5 Å². The predicted molar refractivity (Wildman–Crippen MR) is 121 cm³/mol. The van der Waals surface area contributed by atoms with Gasteiger partial charge < -0.3 is 14.9 Å². The number of carboxylic acid groups (broad SMARTS) is 2. The summed E-state index contributed by atoms with van der Waals surface area (Å²) >= 11 is 0. The highest BCUT2D eigenvalue weighted by Crippen LogP contribution is 2.29. The Hall–Kier alpha value is -3.38. The van der Waals surface area contributed by atoms with Gasteiger partial charge in [0.15, 0.2) is 0 Å². The summed E-state index contributed by atoms with van der Waals surface area (Å²) in [4.78, 5) is 20.7. The number of unbranched alkanes of at least 4 members (excludes halogenated alkanes) is 1. The summed E-state index contributed by atoms with van der Waals surface area (Å²) in [6.45, 7) is 5.21. The summed E-state index contributed by atoms with van der Waals surface area (Å²) in [5, 5.41) is 17.3. The molecule has 0 saturated carbocycles. The molecule has 0 aliphatic heterocycles. The molecular formula is C25H29NO5. The van der Waals surface area contributed by atoms with Crippen LogP contribution in [0.1, 0.15) is 30.9 Å². The lowest BCUT2D eigenvalue weighted by molar-refractivity contribution is -0.159. The summed E-state index contributed by atoms with van der Waals surface area (Å²) < 4.78 is 5.68. The third-order valence-corrected chi connectivity index (χ3v) is 4.86. The van der Waals surface area contributed by atoms with Gasteiger partial charge in [-0.15, -0.1) is 0 Å². The first-order chi connectivity index (χ1) is 15.0. The lowest BCUT2D eigenvalue weighted by atomic mass is 10.0. The molecule has 0 bridgehead atoms. The zero-order valence-electron chi connectivity index (χ0n) is 18.0. The second-order valence-corrected chi connectivity index (χ2v) is 7.13. The molecule has 0 aliphatic carbocycles. The minimum Gasteiger partial charge on any atom is -0.496 e. The average Bonchev–Trinajstić information content (AvgIpc) is 2.78. The number of ether oxygens (including phenoxy) is 1. The first-order valence-electron chi connectivity index (χ1n) is 10.2. The van der Waals surface area contributed by atoms with Crippen molar-refractivity contribution in [3.05, 3.63) is 77.9 Å². The Morgan fingerprint density at radius 3 is 2.13 bits per heavy atom. The van der Waals surface area contributed by atoms with E-state index in [2.05, 4.69) is 78.6 Å². The normalized spacial score (nSPS) is 10.4. The third kappa shape index (κ3) is 7.42. The van der Waals surface area contributed by atoms with Gasteiger partial charge in [-0.25, -0.2) is 9.59 Å². The van der Waals surface area contributed by atoms with Crippen molar-refractivity contribution in [3.8, 4) is 5.75 Å². The van der Waals surface area contributed by atoms with E-state index < -0.39 is 11.9 Å². The highest BCUT2D eigenvalue weighted by atomic mass is 16.5. The van der Waals surface area contributed by atoms with Gasteiger partial charge in [0, 0.05) is 18.7 Å². The molecule has 0 aliphatic rings. The Morgan fingerprint density at radius 2 is 1.52 bits per heavy atom. The number of methoxy groups -OCH3 is 1. The van der Waals surface area contributed by atoms with Crippen molar-refractivity contribution in [2.75, 3.05) is 13.7 Å². The first-order valence-corrected chi connectivity index (χ1v) is 10.2. The highest BCUT2D eigenvalue weighted by molar-refractivity contribution is 6.27. The Labute approximate surface area is 182 Å². The molecule has 3 rings (SSSR count). The zero-order chi connectivity index (χ0) is 22.6. The van der Waals surface area contributed by atoms with E-state index in [0.717, 1.165) is 25.4 Å². The van der Waals surface area contributed by atoms with Crippen molar-refractivity contribution >= 4 is 22.7 Å². The lowest BCUT2D eigenvalue weighted by Crippen LogP contribution is -2.24. The van der Waals surface area contributed by atoms with Gasteiger partial charge in [0.2, 0.25) is 0 Å². The van der Waals surface area contributed by atoms with E-state index in [9.17, 15) is 0 Å². The van der Waals surface area contributed by atoms with Crippen LogP contribution in [-0.2, 0) is 22.7 Å². The molecule has 2 N–H and O–H groups in total. The Balaban J connectivity index is 0.000000501. The van der Waals surface area contributed by atoms with Crippen molar-refractivity contribution in [1.82, 2.24) is 4.90 Å². The van der Waals surface area contributed by atoms with Gasteiger partial charge in [-0.1, -0.05) is 74.0 Å². The molecule has 3 aromatic rings. The molecule has 0 unspecified atom stereocenters. The molecule has 164 valence electrons. The second-order valence-electron chi connectivity index (χ2n) is 7.13. The van der Waals surface area contributed by atoms with Crippen LogP contribution in [0.15, 0.2) is 66.7 Å². The number of hydrogen-bond donors (Lipinski definition) is 2. The largest absolute Gasteiger partial charge is 0.496 e. The van der Waals surface area contributed by atoms with Crippen molar-refractivity contribution in [2.24, 2.45) is 0 Å². The topological polar surface area (TPSA) is 87.1 Å². The Bertz CT molecular complexity index is 976. The van der Waals surface area contributed by atoms with Crippen molar-refractivity contribution in [2.45, 2.75) is 32.9 Å². The lowest BCUT2D eigenvalue weighted by Gasteiger charge is -2.24. The minimum absolute atomic E-state index is 0.902.